The molecule has 2 aromatic carbocycles. The first kappa shape index (κ1) is 13.0. The quantitative estimate of drug-likeness (QED) is 0.790. The number of benzene rings is 2. The van der Waals surface area contributed by atoms with E-state index in [0.29, 0.717) is 5.69 Å². The highest BCUT2D eigenvalue weighted by atomic mass is 79.9. The lowest BCUT2D eigenvalue weighted by Crippen LogP contribution is -2.29. The minimum atomic E-state index is -0.624. The molecule has 5 heteroatoms. The summed E-state index contributed by atoms with van der Waals surface area (Å²) in [6.07, 6.45) is 0. The van der Waals surface area contributed by atoms with Crippen LogP contribution in [-0.4, -0.2) is 11.7 Å². The van der Waals surface area contributed by atoms with E-state index in [1.54, 1.807) is 0 Å². The Balaban J connectivity index is 2.04. The van der Waals surface area contributed by atoms with Gasteiger partial charge in [-0.1, -0.05) is 30.3 Å². The number of fused-ring (bicyclic) bond motifs is 1. The number of anilines is 1. The van der Waals surface area contributed by atoms with Gasteiger partial charge in [0.2, 0.25) is 0 Å². The second kappa shape index (κ2) is 4.83. The van der Waals surface area contributed by atoms with E-state index in [1.165, 1.54) is 17.0 Å². The molecule has 100 valence electrons. The molecule has 0 saturated heterocycles. The summed E-state index contributed by atoms with van der Waals surface area (Å²) in [5, 5.41) is 0. The second-order valence-corrected chi connectivity index (χ2v) is 5.34. The van der Waals surface area contributed by atoms with Crippen LogP contribution in [0.2, 0.25) is 0 Å². The maximum atomic E-state index is 13.6. The topological polar surface area (TPSA) is 37.4 Å². The number of hydrogen-bond donors (Lipinski definition) is 0. The number of ketones is 1. The van der Waals surface area contributed by atoms with Gasteiger partial charge in [0.1, 0.15) is 5.82 Å². The van der Waals surface area contributed by atoms with Crippen molar-refractivity contribution >= 4 is 33.3 Å². The van der Waals surface area contributed by atoms with Gasteiger partial charge < -0.3 is 4.90 Å². The molecular weight excluding hydrogens is 325 g/mol. The predicted octanol–water partition coefficient (Wildman–Crippen LogP) is 3.32. The first-order chi connectivity index (χ1) is 9.58. The van der Waals surface area contributed by atoms with Crippen molar-refractivity contribution in [3.8, 4) is 0 Å². The summed E-state index contributed by atoms with van der Waals surface area (Å²) in [6, 6.07) is 11.8. The highest BCUT2D eigenvalue weighted by Crippen LogP contribution is 2.34. The standard InChI is InChI=1S/C15H9BrFNO2/c16-11-6-10-13(7-12(11)17)18(15(20)14(10)19)8-9-4-2-1-3-5-9/h1-7H,8H2. The average Bonchev–Trinajstić information content (AvgIpc) is 2.66. The van der Waals surface area contributed by atoms with Gasteiger partial charge in [0.25, 0.3) is 11.7 Å². The fraction of sp³-hybridized carbons (Fsp3) is 0.0667. The normalized spacial score (nSPS) is 13.8. The summed E-state index contributed by atoms with van der Waals surface area (Å²) in [5.74, 6) is -1.72. The summed E-state index contributed by atoms with van der Waals surface area (Å²) in [7, 11) is 0. The van der Waals surface area contributed by atoms with Crippen LogP contribution in [0.4, 0.5) is 10.1 Å². The van der Waals surface area contributed by atoms with Crippen LogP contribution in [0.1, 0.15) is 15.9 Å². The number of rotatable bonds is 2. The lowest BCUT2D eigenvalue weighted by Gasteiger charge is -2.16. The highest BCUT2D eigenvalue weighted by molar-refractivity contribution is 9.10. The fourth-order valence-corrected chi connectivity index (χ4v) is 2.56. The Morgan fingerprint density at radius 2 is 1.80 bits per heavy atom. The van der Waals surface area contributed by atoms with E-state index < -0.39 is 17.5 Å². The van der Waals surface area contributed by atoms with Crippen molar-refractivity contribution in [3.05, 3.63) is 63.9 Å². The van der Waals surface area contributed by atoms with E-state index in [-0.39, 0.29) is 16.6 Å². The zero-order valence-electron chi connectivity index (χ0n) is 10.3. The van der Waals surface area contributed by atoms with Crippen molar-refractivity contribution in [3.63, 3.8) is 0 Å². The van der Waals surface area contributed by atoms with Crippen LogP contribution in [0.15, 0.2) is 46.9 Å². The Hall–Kier alpha value is -2.01. The van der Waals surface area contributed by atoms with Crippen molar-refractivity contribution in [1.82, 2.24) is 0 Å². The van der Waals surface area contributed by atoms with Gasteiger partial charge in [-0.3, -0.25) is 9.59 Å². The van der Waals surface area contributed by atoms with Crippen LogP contribution < -0.4 is 4.90 Å². The van der Waals surface area contributed by atoms with Crippen LogP contribution >= 0.6 is 15.9 Å². The summed E-state index contributed by atoms with van der Waals surface area (Å²) in [5.41, 5.74) is 1.44. The number of carbonyl (C=O) groups excluding carboxylic acids is 2. The highest BCUT2D eigenvalue weighted by Gasteiger charge is 2.36. The Kier molecular flexibility index (Phi) is 3.14. The molecule has 2 aromatic rings. The van der Waals surface area contributed by atoms with Gasteiger partial charge in [0.05, 0.1) is 22.3 Å². The molecule has 1 amide bonds. The van der Waals surface area contributed by atoms with Crippen LogP contribution in [0.3, 0.4) is 0 Å². The molecule has 0 bridgehead atoms. The average molecular weight is 334 g/mol. The van der Waals surface area contributed by atoms with E-state index in [0.717, 1.165) is 5.56 Å². The van der Waals surface area contributed by atoms with Crippen molar-refractivity contribution in [2.24, 2.45) is 0 Å². The van der Waals surface area contributed by atoms with E-state index in [9.17, 15) is 14.0 Å². The summed E-state index contributed by atoms with van der Waals surface area (Å²) in [4.78, 5) is 25.3. The third-order valence-corrected chi connectivity index (χ3v) is 3.80. The van der Waals surface area contributed by atoms with Crippen molar-refractivity contribution < 1.29 is 14.0 Å². The SMILES string of the molecule is O=C1C(=O)N(Cc2ccccc2)c2cc(F)c(Br)cc21. The van der Waals surface area contributed by atoms with Gasteiger partial charge in [-0.15, -0.1) is 0 Å². The number of carbonyl (C=O) groups is 2. The third-order valence-electron chi connectivity index (χ3n) is 3.20. The minimum Gasteiger partial charge on any atom is -0.300 e. The van der Waals surface area contributed by atoms with Gasteiger partial charge >= 0.3 is 0 Å². The molecule has 0 aromatic heterocycles. The largest absolute Gasteiger partial charge is 0.300 e. The fourth-order valence-electron chi connectivity index (χ4n) is 2.21. The molecule has 0 radical (unpaired) electrons. The molecule has 0 aliphatic carbocycles. The molecule has 1 heterocycles. The molecule has 3 nitrogen and oxygen atoms in total. The molecule has 0 unspecified atom stereocenters. The van der Waals surface area contributed by atoms with Gasteiger partial charge in [-0.05, 0) is 33.6 Å². The molecule has 0 fully saturated rings. The van der Waals surface area contributed by atoms with Crippen molar-refractivity contribution in [1.29, 1.82) is 0 Å². The first-order valence-electron chi connectivity index (χ1n) is 5.97. The molecule has 1 aliphatic heterocycles. The zero-order chi connectivity index (χ0) is 14.3. The lowest BCUT2D eigenvalue weighted by molar-refractivity contribution is -0.114. The van der Waals surface area contributed by atoms with E-state index in [1.807, 2.05) is 30.3 Å². The summed E-state index contributed by atoms with van der Waals surface area (Å²) < 4.78 is 13.8. The molecule has 1 aliphatic rings. The number of halogens is 2. The Morgan fingerprint density at radius 1 is 1.10 bits per heavy atom. The van der Waals surface area contributed by atoms with Crippen LogP contribution in [0.25, 0.3) is 0 Å². The Labute approximate surface area is 123 Å². The van der Waals surface area contributed by atoms with Gasteiger partial charge in [0, 0.05) is 0 Å². The molecule has 3 rings (SSSR count). The molecule has 0 atom stereocenters. The van der Waals surface area contributed by atoms with Crippen LogP contribution in [0.5, 0.6) is 0 Å². The molecular formula is C15H9BrFNO2. The molecule has 0 N–H and O–H groups in total. The minimum absolute atomic E-state index is 0.180. The van der Waals surface area contributed by atoms with Crippen molar-refractivity contribution in [2.45, 2.75) is 6.54 Å². The van der Waals surface area contributed by atoms with E-state index in [2.05, 4.69) is 15.9 Å². The molecule has 20 heavy (non-hydrogen) atoms. The third kappa shape index (κ3) is 2.04. The van der Waals surface area contributed by atoms with Crippen LogP contribution in [-0.2, 0) is 11.3 Å². The van der Waals surface area contributed by atoms with Gasteiger partial charge in [-0.25, -0.2) is 4.39 Å². The van der Waals surface area contributed by atoms with Crippen molar-refractivity contribution in [2.75, 3.05) is 4.90 Å². The van der Waals surface area contributed by atoms with Gasteiger partial charge in [-0.2, -0.15) is 0 Å². The monoisotopic (exact) mass is 333 g/mol. The number of nitrogens with zero attached hydrogens (tertiary/aromatic N) is 1. The maximum Gasteiger partial charge on any atom is 0.299 e. The Bertz CT molecular complexity index is 715. The summed E-state index contributed by atoms with van der Waals surface area (Å²) >= 11 is 3.03. The van der Waals surface area contributed by atoms with E-state index in [4.69, 9.17) is 0 Å². The molecule has 0 spiro atoms. The Morgan fingerprint density at radius 3 is 2.50 bits per heavy atom. The number of hydrogen-bond acceptors (Lipinski definition) is 2. The predicted molar refractivity (Wildman–Crippen MR) is 76.1 cm³/mol. The second-order valence-electron chi connectivity index (χ2n) is 4.49. The van der Waals surface area contributed by atoms with Gasteiger partial charge in [0.15, 0.2) is 0 Å². The zero-order valence-corrected chi connectivity index (χ0v) is 11.9. The smallest absolute Gasteiger partial charge is 0.299 e. The number of Topliss-reactive ketones (excluding diaryl/α,β-unsaturated/α-hetero) is 1. The van der Waals surface area contributed by atoms with E-state index >= 15 is 0 Å². The first-order valence-corrected chi connectivity index (χ1v) is 6.76. The van der Waals surface area contributed by atoms with Crippen LogP contribution in [0, 0.1) is 5.82 Å². The lowest BCUT2D eigenvalue weighted by atomic mass is 10.1. The number of amides is 1. The molecule has 0 saturated carbocycles. The maximum absolute atomic E-state index is 13.6. The summed E-state index contributed by atoms with van der Waals surface area (Å²) in [6.45, 7) is 0.249.